The Hall–Kier alpha value is -1.04. The fourth-order valence-electron chi connectivity index (χ4n) is 8.94. The fraction of sp³-hybridized carbons (Fsp3) is 0.962. The van der Waals surface area contributed by atoms with E-state index in [-0.39, 0.29) is 23.8 Å². The van der Waals surface area contributed by atoms with E-state index in [0.717, 1.165) is 51.8 Å². The summed E-state index contributed by atoms with van der Waals surface area (Å²) < 4.78 is 11.6. The van der Waals surface area contributed by atoms with Crippen LogP contribution >= 0.6 is 0 Å². The Labute approximate surface area is 371 Å². The van der Waals surface area contributed by atoms with Crippen LogP contribution in [-0.4, -0.2) is 45.5 Å². The minimum absolute atomic E-state index is 0.0873. The van der Waals surface area contributed by atoms with Crippen LogP contribution in [0.3, 0.4) is 0 Å². The molecule has 0 saturated heterocycles. The molecule has 0 aromatic carbocycles. The van der Waals surface area contributed by atoms with Gasteiger partial charge in [0.1, 0.15) is 6.71 Å². The van der Waals surface area contributed by atoms with Gasteiger partial charge in [0, 0.05) is 0 Å². The highest BCUT2D eigenvalue weighted by Crippen LogP contribution is 2.23. The van der Waals surface area contributed by atoms with Crippen LogP contribution < -0.4 is 5.32 Å². The monoisotopic (exact) mass is 832 g/mol. The molecule has 0 aliphatic carbocycles. The number of nitrogens with one attached hydrogen (secondary N) is 1. The molecule has 2 unspecified atom stereocenters. The van der Waals surface area contributed by atoms with Gasteiger partial charge in [-0.3, -0.25) is 9.59 Å². The van der Waals surface area contributed by atoms with Crippen molar-refractivity contribution >= 4 is 18.7 Å². The fourth-order valence-corrected chi connectivity index (χ4v) is 8.94. The molecule has 0 aliphatic rings. The van der Waals surface area contributed by atoms with E-state index >= 15 is 0 Å². The van der Waals surface area contributed by atoms with Crippen molar-refractivity contribution in [3.63, 3.8) is 0 Å². The van der Waals surface area contributed by atoms with E-state index in [4.69, 9.17) is 9.47 Å². The Bertz CT molecular complexity index is 791. The topological polar surface area (TPSA) is 64.6 Å². The molecule has 59 heavy (non-hydrogen) atoms. The SMILES string of the molecule is CCCCCCCCC(CCCCCC)C(=O)OCCCCCCCCCB(CCCCCCCCCOC(=O)C(CCCCCC)CCCCCCCC)CCNC. The standard InChI is InChI=1S/C53H106BNO4/c1-6-10-14-18-26-34-42-50(40-32-16-12-8-3)52(56)58-48-38-30-24-20-22-28-36-44-54(46-47-55-5)45-37-29-23-21-25-31-39-49-59-53(57)51(41-33-17-13-9-4)43-35-27-19-15-11-7-2/h50-51,55H,6-49H2,1-5H3. The lowest BCUT2D eigenvalue weighted by Gasteiger charge is -2.16. The third-order valence-electron chi connectivity index (χ3n) is 13.1. The van der Waals surface area contributed by atoms with Crippen LogP contribution in [0.4, 0.5) is 0 Å². The average molecular weight is 832 g/mol. The molecule has 1 N–H and O–H groups in total. The van der Waals surface area contributed by atoms with Crippen molar-refractivity contribution in [2.24, 2.45) is 11.8 Å². The van der Waals surface area contributed by atoms with Crippen molar-refractivity contribution < 1.29 is 19.1 Å². The number of ether oxygens (including phenoxy) is 2. The third kappa shape index (κ3) is 40.8. The predicted molar refractivity (Wildman–Crippen MR) is 261 cm³/mol. The molecule has 0 aromatic heterocycles. The molecule has 0 heterocycles. The first-order valence-corrected chi connectivity index (χ1v) is 27.0. The third-order valence-corrected chi connectivity index (χ3v) is 13.1. The Morgan fingerprint density at radius 3 is 0.966 bits per heavy atom. The zero-order valence-electron chi connectivity index (χ0n) is 41.0. The number of esters is 2. The van der Waals surface area contributed by atoms with E-state index in [9.17, 15) is 9.59 Å². The number of hydrogen-bond donors (Lipinski definition) is 1. The largest absolute Gasteiger partial charge is 0.465 e. The van der Waals surface area contributed by atoms with Gasteiger partial charge in [-0.15, -0.1) is 0 Å². The Kier molecular flexibility index (Phi) is 47.2. The number of rotatable bonds is 49. The Balaban J connectivity index is 4.06. The molecule has 0 amide bonds. The quantitative estimate of drug-likeness (QED) is 0.0376. The van der Waals surface area contributed by atoms with Gasteiger partial charge in [0.15, 0.2) is 0 Å². The van der Waals surface area contributed by atoms with Gasteiger partial charge in [-0.25, -0.2) is 0 Å². The highest BCUT2D eigenvalue weighted by atomic mass is 16.5. The normalized spacial score (nSPS) is 12.5. The Morgan fingerprint density at radius 1 is 0.373 bits per heavy atom. The van der Waals surface area contributed by atoms with Gasteiger partial charge in [0.05, 0.1) is 25.0 Å². The van der Waals surface area contributed by atoms with Crippen LogP contribution in [0, 0.1) is 11.8 Å². The summed E-state index contributed by atoms with van der Waals surface area (Å²) in [6.07, 6.45) is 51.2. The van der Waals surface area contributed by atoms with Crippen LogP contribution in [0.5, 0.6) is 0 Å². The average Bonchev–Trinajstić information content (AvgIpc) is 3.24. The molecule has 0 bridgehead atoms. The van der Waals surface area contributed by atoms with Crippen molar-refractivity contribution in [2.75, 3.05) is 26.8 Å². The summed E-state index contributed by atoms with van der Waals surface area (Å²) >= 11 is 0. The summed E-state index contributed by atoms with van der Waals surface area (Å²) in [5.74, 6) is 0.421. The van der Waals surface area contributed by atoms with Crippen LogP contribution in [0.2, 0.25) is 19.0 Å². The van der Waals surface area contributed by atoms with Gasteiger partial charge in [0.2, 0.25) is 0 Å². The van der Waals surface area contributed by atoms with Gasteiger partial charge < -0.3 is 14.8 Å². The number of hydrogen-bond acceptors (Lipinski definition) is 5. The van der Waals surface area contributed by atoms with Gasteiger partial charge >= 0.3 is 11.9 Å². The molecule has 0 aromatic rings. The van der Waals surface area contributed by atoms with Gasteiger partial charge in [-0.1, -0.05) is 252 Å². The van der Waals surface area contributed by atoms with E-state index < -0.39 is 0 Å². The first-order valence-electron chi connectivity index (χ1n) is 27.0. The summed E-state index contributed by atoms with van der Waals surface area (Å²) in [7, 11) is 2.09. The first kappa shape index (κ1) is 58.0. The van der Waals surface area contributed by atoms with E-state index in [2.05, 4.69) is 40.1 Å². The number of carbonyl (C=O) groups is 2. The molecule has 350 valence electrons. The van der Waals surface area contributed by atoms with Crippen LogP contribution in [0.25, 0.3) is 0 Å². The Morgan fingerprint density at radius 2 is 0.644 bits per heavy atom. The van der Waals surface area contributed by atoms with Crippen LogP contribution in [0.15, 0.2) is 0 Å². The molecule has 0 saturated carbocycles. The molecule has 0 spiro atoms. The van der Waals surface area contributed by atoms with Crippen molar-refractivity contribution in [2.45, 2.75) is 291 Å². The highest BCUT2D eigenvalue weighted by molar-refractivity contribution is 6.58. The van der Waals surface area contributed by atoms with E-state index in [0.29, 0.717) is 13.2 Å². The number of unbranched alkanes of at least 4 members (excludes halogenated alkanes) is 28. The lowest BCUT2D eigenvalue weighted by molar-refractivity contribution is -0.150. The molecule has 0 aliphatic heterocycles. The highest BCUT2D eigenvalue weighted by Gasteiger charge is 2.20. The molecular weight excluding hydrogens is 725 g/mol. The van der Waals surface area contributed by atoms with Gasteiger partial charge in [-0.2, -0.15) is 0 Å². The summed E-state index contributed by atoms with van der Waals surface area (Å²) in [6, 6.07) is 0. The summed E-state index contributed by atoms with van der Waals surface area (Å²) in [4.78, 5) is 25.9. The van der Waals surface area contributed by atoms with Gasteiger partial charge in [0.25, 0.3) is 0 Å². The lowest BCUT2D eigenvalue weighted by Crippen LogP contribution is -2.19. The first-order chi connectivity index (χ1) is 29.0. The molecular formula is C53H106BNO4. The minimum Gasteiger partial charge on any atom is -0.465 e. The summed E-state index contributed by atoms with van der Waals surface area (Å²) in [6.45, 7) is 12.3. The van der Waals surface area contributed by atoms with Crippen molar-refractivity contribution in [3.05, 3.63) is 0 Å². The van der Waals surface area contributed by atoms with Gasteiger partial charge in [-0.05, 0) is 52.1 Å². The smallest absolute Gasteiger partial charge is 0.308 e. The molecule has 0 fully saturated rings. The molecule has 2 atom stereocenters. The number of carbonyl (C=O) groups excluding carboxylic acids is 2. The van der Waals surface area contributed by atoms with E-state index in [1.54, 1.807) is 0 Å². The second-order valence-corrected chi connectivity index (χ2v) is 18.8. The lowest BCUT2D eigenvalue weighted by atomic mass is 9.41. The molecule has 0 radical (unpaired) electrons. The second-order valence-electron chi connectivity index (χ2n) is 18.8. The van der Waals surface area contributed by atoms with Crippen molar-refractivity contribution in [1.82, 2.24) is 5.32 Å². The second kappa shape index (κ2) is 48.0. The van der Waals surface area contributed by atoms with Crippen molar-refractivity contribution in [1.29, 1.82) is 0 Å². The van der Waals surface area contributed by atoms with Crippen molar-refractivity contribution in [3.8, 4) is 0 Å². The minimum atomic E-state index is 0.0873. The molecule has 6 heteroatoms. The summed E-state index contributed by atoms with van der Waals surface area (Å²) in [5.41, 5.74) is 0. The zero-order valence-corrected chi connectivity index (χ0v) is 41.0. The van der Waals surface area contributed by atoms with E-state index in [1.807, 2.05) is 0 Å². The molecule has 5 nitrogen and oxygen atoms in total. The maximum Gasteiger partial charge on any atom is 0.308 e. The molecule has 0 rings (SSSR count). The maximum atomic E-state index is 12.9. The van der Waals surface area contributed by atoms with Crippen LogP contribution in [-0.2, 0) is 19.1 Å². The zero-order chi connectivity index (χ0) is 43.1. The summed E-state index contributed by atoms with van der Waals surface area (Å²) in [5, 5.41) is 3.39. The van der Waals surface area contributed by atoms with Crippen LogP contribution in [0.1, 0.15) is 272 Å². The van der Waals surface area contributed by atoms with E-state index in [1.165, 1.54) is 224 Å². The predicted octanol–water partition coefficient (Wildman–Crippen LogP) is 16.9. The maximum absolute atomic E-state index is 12.9.